The molecule has 0 saturated heterocycles. The monoisotopic (exact) mass is 457 g/mol. The van der Waals surface area contributed by atoms with Crippen molar-refractivity contribution in [2.24, 2.45) is 16.5 Å². The number of nitrogens with zero attached hydrogens (tertiary/aromatic N) is 2. The average Bonchev–Trinajstić information content (AvgIpc) is 3.30. The van der Waals surface area contributed by atoms with Gasteiger partial charge in [0.1, 0.15) is 29.1 Å². The highest BCUT2D eigenvalue weighted by Gasteiger charge is 2.17. The number of imidazole rings is 1. The molecule has 174 valence electrons. The topological polar surface area (TPSA) is 132 Å². The van der Waals surface area contributed by atoms with E-state index in [2.05, 4.69) is 28.1 Å². The van der Waals surface area contributed by atoms with Gasteiger partial charge in [0.25, 0.3) is 0 Å². The van der Waals surface area contributed by atoms with Crippen LogP contribution in [-0.4, -0.2) is 28.4 Å². The van der Waals surface area contributed by atoms with Crippen LogP contribution in [0.15, 0.2) is 114 Å². The smallest absolute Gasteiger partial charge is 0.243 e. The van der Waals surface area contributed by atoms with Gasteiger partial charge in [0.15, 0.2) is 0 Å². The summed E-state index contributed by atoms with van der Waals surface area (Å²) in [6.45, 7) is 7.48. The fraction of sp³-hybridized carbons (Fsp3) is 0.0769. The van der Waals surface area contributed by atoms with Crippen molar-refractivity contribution in [3.63, 3.8) is 0 Å². The van der Waals surface area contributed by atoms with Crippen LogP contribution in [0.25, 0.3) is 11.0 Å². The number of fused-ring (bicyclic) bond motifs is 1. The summed E-state index contributed by atoms with van der Waals surface area (Å²) < 4.78 is 11.2. The first kappa shape index (κ1) is 24.1. The number of aliphatic hydroxyl groups excluding tert-OH is 1. The van der Waals surface area contributed by atoms with Crippen LogP contribution >= 0.6 is 0 Å². The molecule has 0 aliphatic heterocycles. The highest BCUT2D eigenvalue weighted by atomic mass is 16.5. The number of nitrogens with two attached hydrogens (primary N) is 2. The Balaban J connectivity index is 1.88. The van der Waals surface area contributed by atoms with Crippen LogP contribution in [0, 0.1) is 0 Å². The van der Waals surface area contributed by atoms with E-state index in [1.807, 2.05) is 24.3 Å². The zero-order chi connectivity index (χ0) is 24.5. The van der Waals surface area contributed by atoms with Crippen LogP contribution in [0.5, 0.6) is 5.75 Å². The Labute approximate surface area is 197 Å². The maximum atomic E-state index is 10.8. The molecular weight excluding hydrogens is 430 g/mol. The third-order valence-corrected chi connectivity index (χ3v) is 4.82. The Hall–Kier alpha value is -4.56. The number of hydrogen-bond donors (Lipinski definition) is 4. The van der Waals surface area contributed by atoms with E-state index >= 15 is 0 Å². The first-order valence-corrected chi connectivity index (χ1v) is 10.4. The maximum Gasteiger partial charge on any atom is 0.243 e. The molecule has 34 heavy (non-hydrogen) atoms. The van der Waals surface area contributed by atoms with Gasteiger partial charge in [0.05, 0.1) is 18.1 Å². The molecule has 0 amide bonds. The van der Waals surface area contributed by atoms with Gasteiger partial charge >= 0.3 is 0 Å². The number of benzene rings is 2. The molecule has 0 aliphatic rings. The van der Waals surface area contributed by atoms with Gasteiger partial charge < -0.3 is 31.0 Å². The molecule has 0 spiro atoms. The van der Waals surface area contributed by atoms with E-state index in [-0.39, 0.29) is 11.6 Å². The molecule has 0 bridgehead atoms. The molecule has 0 fully saturated rings. The maximum absolute atomic E-state index is 10.8. The molecule has 1 aromatic heterocycles. The van der Waals surface area contributed by atoms with E-state index in [0.29, 0.717) is 28.5 Å². The number of nitrogens with one attached hydrogen (secondary N) is 1. The lowest BCUT2D eigenvalue weighted by atomic mass is 10.1. The zero-order valence-corrected chi connectivity index (χ0v) is 18.8. The van der Waals surface area contributed by atoms with Crippen molar-refractivity contribution in [2.75, 3.05) is 7.11 Å². The van der Waals surface area contributed by atoms with Crippen LogP contribution in [0.4, 0.5) is 0 Å². The fourth-order valence-electron chi connectivity index (χ4n) is 3.07. The molecule has 3 aromatic rings. The molecular formula is C26H27N5O3. The molecule has 0 unspecified atom stereocenters. The summed E-state index contributed by atoms with van der Waals surface area (Å²) in [6.07, 6.45) is 6.61. The number of H-pyrrole nitrogens is 1. The SMILES string of the molecule is C=C\C=N/C(Oc1ccc([C@@H](O)c2nc3ccccc3[nH]2)cc1)=C(N)/C(=C/C=C\N)C(=C)OC. The largest absolute Gasteiger partial charge is 0.497 e. The molecule has 6 N–H and O–H groups in total. The summed E-state index contributed by atoms with van der Waals surface area (Å²) in [7, 11) is 1.48. The molecule has 1 heterocycles. The number of methoxy groups -OCH3 is 1. The minimum atomic E-state index is -0.928. The van der Waals surface area contributed by atoms with Gasteiger partial charge in [0.2, 0.25) is 5.88 Å². The van der Waals surface area contributed by atoms with E-state index in [9.17, 15) is 5.11 Å². The highest BCUT2D eigenvalue weighted by Crippen LogP contribution is 2.26. The second-order valence-electron chi connectivity index (χ2n) is 7.04. The zero-order valence-electron chi connectivity index (χ0n) is 18.8. The molecule has 0 aliphatic carbocycles. The Kier molecular flexibility index (Phi) is 8.04. The summed E-state index contributed by atoms with van der Waals surface area (Å²) >= 11 is 0. The van der Waals surface area contributed by atoms with E-state index in [1.54, 1.807) is 36.4 Å². The van der Waals surface area contributed by atoms with Crippen LogP contribution in [0.1, 0.15) is 17.5 Å². The Morgan fingerprint density at radius 1 is 1.21 bits per heavy atom. The highest BCUT2D eigenvalue weighted by molar-refractivity contribution is 5.75. The first-order valence-electron chi connectivity index (χ1n) is 10.4. The van der Waals surface area contributed by atoms with E-state index < -0.39 is 6.10 Å². The molecule has 0 radical (unpaired) electrons. The van der Waals surface area contributed by atoms with Crippen molar-refractivity contribution in [3.8, 4) is 5.75 Å². The number of para-hydroxylation sites is 2. The molecule has 8 heteroatoms. The van der Waals surface area contributed by atoms with Crippen LogP contribution in [0.2, 0.25) is 0 Å². The second kappa shape index (κ2) is 11.3. The average molecular weight is 458 g/mol. The van der Waals surface area contributed by atoms with Gasteiger partial charge in [-0.1, -0.05) is 43.5 Å². The summed E-state index contributed by atoms with van der Waals surface area (Å²) in [4.78, 5) is 11.8. The van der Waals surface area contributed by atoms with Crippen molar-refractivity contribution < 1.29 is 14.6 Å². The summed E-state index contributed by atoms with van der Waals surface area (Å²) in [5.74, 6) is 1.34. The Morgan fingerprint density at radius 2 is 1.94 bits per heavy atom. The minimum Gasteiger partial charge on any atom is -0.497 e. The predicted octanol–water partition coefficient (Wildman–Crippen LogP) is 3.97. The predicted molar refractivity (Wildman–Crippen MR) is 135 cm³/mol. The van der Waals surface area contributed by atoms with Gasteiger partial charge in [-0.25, -0.2) is 9.98 Å². The summed E-state index contributed by atoms with van der Waals surface area (Å²) in [5.41, 5.74) is 14.7. The summed E-state index contributed by atoms with van der Waals surface area (Å²) in [6, 6.07) is 14.5. The number of rotatable bonds is 10. The van der Waals surface area contributed by atoms with Crippen molar-refractivity contribution in [1.82, 2.24) is 9.97 Å². The van der Waals surface area contributed by atoms with Crippen LogP contribution in [0.3, 0.4) is 0 Å². The molecule has 1 atom stereocenters. The van der Waals surface area contributed by atoms with Gasteiger partial charge in [-0.05, 0) is 48.2 Å². The number of allylic oxidation sites excluding steroid dienone is 3. The Bertz CT molecular complexity index is 1250. The molecule has 8 nitrogen and oxygen atoms in total. The van der Waals surface area contributed by atoms with E-state index in [1.165, 1.54) is 25.6 Å². The Morgan fingerprint density at radius 3 is 2.59 bits per heavy atom. The standard InChI is InChI=1S/C26H27N5O3/c1-4-16-29-26(23(28)20(8-7-15-27)17(2)33-3)34-19-13-11-18(12-14-19)24(32)25-30-21-9-5-6-10-22(21)31-25/h4-16,24,32H,1-2,27-28H2,3H3,(H,30,31)/b15-7-,20-8+,26-23+,29-16-/t24-/m1/s1. The number of hydrogen-bond acceptors (Lipinski definition) is 7. The summed E-state index contributed by atoms with van der Waals surface area (Å²) in [5, 5.41) is 10.8. The van der Waals surface area contributed by atoms with E-state index in [4.69, 9.17) is 20.9 Å². The third-order valence-electron chi connectivity index (χ3n) is 4.82. The number of aromatic nitrogens is 2. The third kappa shape index (κ3) is 5.62. The van der Waals surface area contributed by atoms with Crippen LogP contribution in [-0.2, 0) is 4.74 Å². The lowest BCUT2D eigenvalue weighted by Gasteiger charge is -2.14. The molecule has 0 saturated carbocycles. The van der Waals surface area contributed by atoms with Gasteiger partial charge in [0, 0.05) is 11.8 Å². The lowest BCUT2D eigenvalue weighted by Crippen LogP contribution is -2.11. The van der Waals surface area contributed by atoms with Crippen molar-refractivity contribution in [2.45, 2.75) is 6.10 Å². The molecule has 3 rings (SSSR count). The quantitative estimate of drug-likeness (QED) is 0.207. The number of aromatic amines is 1. The van der Waals surface area contributed by atoms with Crippen molar-refractivity contribution >= 4 is 17.2 Å². The van der Waals surface area contributed by atoms with Crippen molar-refractivity contribution in [3.05, 3.63) is 120 Å². The van der Waals surface area contributed by atoms with Crippen molar-refractivity contribution in [1.29, 1.82) is 0 Å². The number of ether oxygens (including phenoxy) is 2. The van der Waals surface area contributed by atoms with Crippen LogP contribution < -0.4 is 16.2 Å². The van der Waals surface area contributed by atoms with Gasteiger partial charge in [-0.15, -0.1) is 0 Å². The molecule has 2 aromatic carbocycles. The number of aliphatic hydroxyl groups is 1. The lowest BCUT2D eigenvalue weighted by molar-refractivity contribution is 0.211. The second-order valence-corrected chi connectivity index (χ2v) is 7.04. The van der Waals surface area contributed by atoms with E-state index in [0.717, 1.165) is 11.0 Å². The normalized spacial score (nSPS) is 13.8. The minimum absolute atomic E-state index is 0.111. The first-order chi connectivity index (χ1) is 16.5. The number of aliphatic imine (C=N–C) groups is 1. The van der Waals surface area contributed by atoms with Gasteiger partial charge in [-0.2, -0.15) is 0 Å². The fourth-order valence-corrected chi connectivity index (χ4v) is 3.07. The van der Waals surface area contributed by atoms with Gasteiger partial charge in [-0.3, -0.25) is 0 Å².